The number of carbonyl (C=O) groups is 1. The Morgan fingerprint density at radius 2 is 1.71 bits per heavy atom. The van der Waals surface area contributed by atoms with Gasteiger partial charge in [0.2, 0.25) is 0 Å². The van der Waals surface area contributed by atoms with Crippen molar-refractivity contribution >= 4 is 17.3 Å². The lowest BCUT2D eigenvalue weighted by Gasteiger charge is -2.19. The van der Waals surface area contributed by atoms with Gasteiger partial charge in [-0.1, -0.05) is 43.7 Å². The minimum absolute atomic E-state index is 0.100. The van der Waals surface area contributed by atoms with Crippen molar-refractivity contribution in [1.29, 1.82) is 0 Å². The maximum absolute atomic E-state index is 13.2. The average molecular weight is 517 g/mol. The molecule has 6 heteroatoms. The zero-order valence-electron chi connectivity index (χ0n) is 23.4. The molecule has 1 amide bonds. The van der Waals surface area contributed by atoms with Crippen LogP contribution in [-0.2, 0) is 11.2 Å². The molecule has 38 heavy (non-hydrogen) atoms. The third-order valence-corrected chi connectivity index (χ3v) is 6.19. The molecule has 1 heterocycles. The fourth-order valence-corrected chi connectivity index (χ4v) is 4.13. The molecule has 202 valence electrons. The number of aromatic nitrogens is 1. The zero-order valence-corrected chi connectivity index (χ0v) is 23.4. The van der Waals surface area contributed by atoms with Gasteiger partial charge in [-0.15, -0.1) is 0 Å². The molecule has 2 aromatic carbocycles. The molecular formula is C32H40N2O4. The van der Waals surface area contributed by atoms with E-state index in [2.05, 4.69) is 49.3 Å². The molecule has 1 N–H and O–H groups in total. The van der Waals surface area contributed by atoms with E-state index in [1.54, 1.807) is 25.4 Å². The maximum Gasteiger partial charge on any atom is 0.257 e. The lowest BCUT2D eigenvalue weighted by Crippen LogP contribution is -2.20. The van der Waals surface area contributed by atoms with Gasteiger partial charge in [0.25, 0.3) is 5.91 Å². The molecule has 1 aromatic heterocycles. The molecule has 3 aromatic rings. The van der Waals surface area contributed by atoms with Crippen LogP contribution < -0.4 is 14.8 Å². The monoisotopic (exact) mass is 516 g/mol. The van der Waals surface area contributed by atoms with Gasteiger partial charge < -0.3 is 19.5 Å². The number of amides is 1. The Bertz CT molecular complexity index is 1220. The smallest absolute Gasteiger partial charge is 0.257 e. The molecule has 0 spiro atoms. The van der Waals surface area contributed by atoms with Crippen LogP contribution in [0.15, 0.2) is 66.9 Å². The normalized spacial score (nSPS) is 13.1. The van der Waals surface area contributed by atoms with Gasteiger partial charge in [0.1, 0.15) is 23.4 Å². The highest BCUT2D eigenvalue weighted by Gasteiger charge is 2.15. The highest BCUT2D eigenvalue weighted by atomic mass is 16.5. The van der Waals surface area contributed by atoms with Crippen LogP contribution in [0.3, 0.4) is 0 Å². The Hall–Kier alpha value is -3.64. The van der Waals surface area contributed by atoms with Crippen LogP contribution in [0, 0.1) is 6.92 Å². The summed E-state index contributed by atoms with van der Waals surface area (Å²) in [5.74, 6) is 1.31. The molecule has 0 aliphatic rings. The Balaban J connectivity index is 1.78. The average Bonchev–Trinajstić information content (AvgIpc) is 2.89. The van der Waals surface area contributed by atoms with Crippen LogP contribution >= 0.6 is 0 Å². The number of aryl methyl sites for hydroxylation is 1. The molecule has 0 aliphatic heterocycles. The molecule has 0 saturated carbocycles. The molecule has 0 aliphatic carbocycles. The van der Waals surface area contributed by atoms with Crippen molar-refractivity contribution in [2.24, 2.45) is 0 Å². The molecule has 0 bridgehead atoms. The van der Waals surface area contributed by atoms with E-state index in [0.717, 1.165) is 24.8 Å². The Labute approximate surface area is 227 Å². The molecule has 2 unspecified atom stereocenters. The number of hydrogen-bond donors (Lipinski definition) is 1. The second kappa shape index (κ2) is 14.3. The highest BCUT2D eigenvalue weighted by Crippen LogP contribution is 2.27. The van der Waals surface area contributed by atoms with E-state index in [4.69, 9.17) is 14.2 Å². The summed E-state index contributed by atoms with van der Waals surface area (Å²) in [4.78, 5) is 17.7. The molecule has 0 radical (unpaired) electrons. The van der Waals surface area contributed by atoms with Crippen molar-refractivity contribution in [3.05, 3.63) is 89.1 Å². The van der Waals surface area contributed by atoms with Gasteiger partial charge in [0, 0.05) is 31.4 Å². The number of benzene rings is 2. The third-order valence-electron chi connectivity index (χ3n) is 6.19. The lowest BCUT2D eigenvalue weighted by molar-refractivity contribution is 0.0913. The number of unbranched alkanes of at least 4 members (excludes halogenated alkanes) is 1. The van der Waals surface area contributed by atoms with Crippen LogP contribution in [0.4, 0.5) is 5.82 Å². The summed E-state index contributed by atoms with van der Waals surface area (Å²) in [5, 5.41) is 2.90. The zero-order chi connectivity index (χ0) is 27.5. The molecule has 0 fully saturated rings. The van der Waals surface area contributed by atoms with Gasteiger partial charge in [-0.2, -0.15) is 0 Å². The Morgan fingerprint density at radius 1 is 1.00 bits per heavy atom. The van der Waals surface area contributed by atoms with E-state index in [1.807, 2.05) is 44.2 Å². The Kier molecular flexibility index (Phi) is 10.9. The van der Waals surface area contributed by atoms with Gasteiger partial charge >= 0.3 is 0 Å². The van der Waals surface area contributed by atoms with Crippen molar-refractivity contribution < 1.29 is 19.0 Å². The van der Waals surface area contributed by atoms with Crippen LogP contribution in [0.2, 0.25) is 0 Å². The minimum atomic E-state index is -0.287. The summed E-state index contributed by atoms with van der Waals surface area (Å²) < 4.78 is 17.5. The van der Waals surface area contributed by atoms with Crippen LogP contribution in [0.1, 0.15) is 67.6 Å². The number of rotatable bonds is 13. The fourth-order valence-electron chi connectivity index (χ4n) is 4.13. The van der Waals surface area contributed by atoms with E-state index < -0.39 is 0 Å². The first-order chi connectivity index (χ1) is 18.3. The summed E-state index contributed by atoms with van der Waals surface area (Å²) >= 11 is 0. The molecule has 0 saturated heterocycles. The van der Waals surface area contributed by atoms with Gasteiger partial charge in [-0.05, 0) is 80.6 Å². The lowest BCUT2D eigenvalue weighted by atomic mass is 10.0. The molecule has 2 atom stereocenters. The SMILES string of the molecule is CCC/C=C(/C)c1ccc(NC(=O)c2cc(OC(C)COC)cc(OC(C)Cc3ccccc3C)c2)nc1. The molecular weight excluding hydrogens is 476 g/mol. The highest BCUT2D eigenvalue weighted by molar-refractivity contribution is 6.04. The number of carbonyl (C=O) groups excluding carboxylic acids is 1. The summed E-state index contributed by atoms with van der Waals surface area (Å²) in [6.45, 7) is 10.7. The van der Waals surface area contributed by atoms with E-state index >= 15 is 0 Å². The quantitative estimate of drug-likeness (QED) is 0.259. The van der Waals surface area contributed by atoms with Crippen molar-refractivity contribution in [1.82, 2.24) is 4.98 Å². The summed E-state index contributed by atoms with van der Waals surface area (Å²) in [7, 11) is 1.63. The standard InChI is InChI=1S/C32H40N2O4/c1-7-8-11-23(3)27-14-15-31(33-20-27)34-32(35)28-17-29(19-30(18-28)38-25(5)21-36-6)37-24(4)16-26-13-10-9-12-22(26)2/h9-15,17-20,24-25H,7-8,16,21H2,1-6H3,(H,33,34,35)/b23-11-. The number of allylic oxidation sites excluding steroid dienone is 2. The first-order valence-corrected chi connectivity index (χ1v) is 13.3. The summed E-state index contributed by atoms with van der Waals surface area (Å²) in [5.41, 5.74) is 5.10. The van der Waals surface area contributed by atoms with Crippen molar-refractivity contribution in [2.75, 3.05) is 19.0 Å². The van der Waals surface area contributed by atoms with Crippen molar-refractivity contribution in [3.8, 4) is 11.5 Å². The van der Waals surface area contributed by atoms with E-state index in [9.17, 15) is 4.79 Å². The largest absolute Gasteiger partial charge is 0.490 e. The van der Waals surface area contributed by atoms with E-state index in [1.165, 1.54) is 16.7 Å². The van der Waals surface area contributed by atoms with Crippen LogP contribution in [-0.4, -0.2) is 36.8 Å². The van der Waals surface area contributed by atoms with Gasteiger partial charge in [0.05, 0.1) is 12.7 Å². The number of pyridine rings is 1. The number of ether oxygens (including phenoxy) is 3. The van der Waals surface area contributed by atoms with Crippen LogP contribution in [0.25, 0.3) is 5.57 Å². The number of anilines is 1. The predicted molar refractivity (Wildman–Crippen MR) is 154 cm³/mol. The second-order valence-electron chi connectivity index (χ2n) is 9.70. The summed E-state index contributed by atoms with van der Waals surface area (Å²) in [6.07, 6.45) is 6.58. The van der Waals surface area contributed by atoms with Crippen LogP contribution in [0.5, 0.6) is 11.5 Å². The van der Waals surface area contributed by atoms with Gasteiger partial charge in [0.15, 0.2) is 0 Å². The summed E-state index contributed by atoms with van der Waals surface area (Å²) in [6, 6.07) is 17.3. The molecule has 3 rings (SSSR count). The third kappa shape index (κ3) is 8.73. The predicted octanol–water partition coefficient (Wildman–Crippen LogP) is 7.27. The van der Waals surface area contributed by atoms with Gasteiger partial charge in [-0.3, -0.25) is 4.79 Å². The van der Waals surface area contributed by atoms with Crippen molar-refractivity contribution in [2.45, 2.75) is 66.1 Å². The van der Waals surface area contributed by atoms with Crippen molar-refractivity contribution in [3.63, 3.8) is 0 Å². The number of nitrogens with one attached hydrogen (secondary N) is 1. The van der Waals surface area contributed by atoms with E-state index in [-0.39, 0.29) is 18.1 Å². The molecule has 6 nitrogen and oxygen atoms in total. The number of methoxy groups -OCH3 is 1. The number of hydrogen-bond acceptors (Lipinski definition) is 5. The first-order valence-electron chi connectivity index (χ1n) is 13.3. The second-order valence-corrected chi connectivity index (χ2v) is 9.70. The fraction of sp³-hybridized carbons (Fsp3) is 0.375. The topological polar surface area (TPSA) is 69.7 Å². The Morgan fingerprint density at radius 3 is 2.34 bits per heavy atom. The first kappa shape index (κ1) is 28.9. The minimum Gasteiger partial charge on any atom is -0.490 e. The maximum atomic E-state index is 13.2. The van der Waals surface area contributed by atoms with E-state index in [0.29, 0.717) is 29.5 Å². The number of nitrogens with zero attached hydrogens (tertiary/aromatic N) is 1. The van der Waals surface area contributed by atoms with Gasteiger partial charge in [-0.25, -0.2) is 4.98 Å².